The quantitative estimate of drug-likeness (QED) is 0.751. The number of rotatable bonds is 8. The Morgan fingerprint density at radius 1 is 1.11 bits per heavy atom. The molecule has 2 aromatic rings. The van der Waals surface area contributed by atoms with Crippen molar-refractivity contribution in [1.82, 2.24) is 5.32 Å². The molecule has 27 heavy (non-hydrogen) atoms. The molecule has 0 aliphatic carbocycles. The number of carbonyl (C=O) groups is 1. The second kappa shape index (κ2) is 8.66. The summed E-state index contributed by atoms with van der Waals surface area (Å²) in [6.45, 7) is 0.195. The summed E-state index contributed by atoms with van der Waals surface area (Å²) in [5, 5.41) is 2.67. The van der Waals surface area contributed by atoms with E-state index in [4.69, 9.17) is 9.47 Å². The topological polar surface area (TPSA) is 56.8 Å². The summed E-state index contributed by atoms with van der Waals surface area (Å²) in [6, 6.07) is 9.74. The number of halogens is 3. The summed E-state index contributed by atoms with van der Waals surface area (Å²) < 4.78 is 52.9. The van der Waals surface area contributed by atoms with Crippen LogP contribution in [0.5, 0.6) is 17.2 Å². The Bertz CT molecular complexity index is 779. The number of methoxy groups -OCH3 is 1. The number of hydrogen-bond acceptors (Lipinski definition) is 4. The Kier molecular flexibility index (Phi) is 6.55. The minimum Gasteiger partial charge on any atom is -0.493 e. The molecular weight excluding hydrogens is 363 g/mol. The van der Waals surface area contributed by atoms with Gasteiger partial charge in [-0.15, -0.1) is 0 Å². The van der Waals surface area contributed by atoms with Crippen molar-refractivity contribution >= 4 is 5.91 Å². The van der Waals surface area contributed by atoms with Crippen LogP contribution in [0.25, 0.3) is 0 Å². The van der Waals surface area contributed by atoms with Crippen LogP contribution in [0.3, 0.4) is 0 Å². The molecule has 146 valence electrons. The van der Waals surface area contributed by atoms with Gasteiger partial charge in [0.15, 0.2) is 17.1 Å². The predicted molar refractivity (Wildman–Crippen MR) is 92.6 cm³/mol. The first kappa shape index (κ1) is 20.4. The van der Waals surface area contributed by atoms with E-state index in [-0.39, 0.29) is 18.0 Å². The molecule has 1 amide bonds. The van der Waals surface area contributed by atoms with Gasteiger partial charge in [-0.2, -0.15) is 8.78 Å². The molecule has 0 aromatic heterocycles. The fourth-order valence-corrected chi connectivity index (χ4v) is 2.26. The first-order chi connectivity index (χ1) is 12.7. The van der Waals surface area contributed by atoms with Crippen LogP contribution in [0.15, 0.2) is 42.5 Å². The molecule has 8 heteroatoms. The molecule has 2 rings (SSSR count). The van der Waals surface area contributed by atoms with Gasteiger partial charge in [-0.05, 0) is 55.8 Å². The maximum atomic E-state index is 13.0. The average molecular weight is 383 g/mol. The van der Waals surface area contributed by atoms with Gasteiger partial charge in [-0.3, -0.25) is 4.79 Å². The molecular formula is C19H20F3NO4. The maximum absolute atomic E-state index is 13.0. The lowest BCUT2D eigenvalue weighted by Gasteiger charge is -2.25. The molecule has 0 aliphatic heterocycles. The highest BCUT2D eigenvalue weighted by Gasteiger charge is 2.29. The normalized spacial score (nSPS) is 11.2. The van der Waals surface area contributed by atoms with Crippen LogP contribution in [-0.2, 0) is 11.3 Å². The highest BCUT2D eigenvalue weighted by Crippen LogP contribution is 2.29. The summed E-state index contributed by atoms with van der Waals surface area (Å²) in [7, 11) is 1.34. The summed E-state index contributed by atoms with van der Waals surface area (Å²) in [5.74, 6) is -0.468. The van der Waals surface area contributed by atoms with Gasteiger partial charge < -0.3 is 19.5 Å². The van der Waals surface area contributed by atoms with Gasteiger partial charge in [0.2, 0.25) is 0 Å². The molecule has 0 spiro atoms. The molecule has 0 radical (unpaired) electrons. The molecule has 2 aromatic carbocycles. The van der Waals surface area contributed by atoms with Gasteiger partial charge in [0.25, 0.3) is 5.91 Å². The minimum absolute atomic E-state index is 0.0681. The zero-order chi connectivity index (χ0) is 20.0. The van der Waals surface area contributed by atoms with Gasteiger partial charge in [-0.25, -0.2) is 4.39 Å². The monoisotopic (exact) mass is 383 g/mol. The number of ether oxygens (including phenoxy) is 3. The second-order valence-electron chi connectivity index (χ2n) is 6.11. The van der Waals surface area contributed by atoms with Gasteiger partial charge in [0, 0.05) is 6.54 Å². The van der Waals surface area contributed by atoms with Crippen molar-refractivity contribution in [3.63, 3.8) is 0 Å². The van der Waals surface area contributed by atoms with Crippen molar-refractivity contribution in [2.24, 2.45) is 0 Å². The molecule has 0 bridgehead atoms. The van der Waals surface area contributed by atoms with E-state index in [0.29, 0.717) is 11.3 Å². The number of alkyl halides is 2. The van der Waals surface area contributed by atoms with E-state index in [2.05, 4.69) is 10.1 Å². The lowest BCUT2D eigenvalue weighted by molar-refractivity contribution is -0.134. The van der Waals surface area contributed by atoms with Crippen molar-refractivity contribution in [2.75, 3.05) is 7.11 Å². The van der Waals surface area contributed by atoms with E-state index in [1.807, 2.05) is 0 Å². The van der Waals surface area contributed by atoms with Crippen molar-refractivity contribution in [2.45, 2.75) is 32.6 Å². The van der Waals surface area contributed by atoms with Crippen LogP contribution in [0.1, 0.15) is 19.4 Å². The zero-order valence-electron chi connectivity index (χ0n) is 15.1. The van der Waals surface area contributed by atoms with E-state index in [1.54, 1.807) is 19.9 Å². The molecule has 0 aliphatic rings. The van der Waals surface area contributed by atoms with Gasteiger partial charge in [0.1, 0.15) is 11.6 Å². The number of benzene rings is 2. The van der Waals surface area contributed by atoms with E-state index in [1.165, 1.54) is 43.5 Å². The Morgan fingerprint density at radius 3 is 2.37 bits per heavy atom. The summed E-state index contributed by atoms with van der Waals surface area (Å²) >= 11 is 0. The van der Waals surface area contributed by atoms with E-state index >= 15 is 0 Å². The number of nitrogens with one attached hydrogen (secondary N) is 1. The van der Waals surface area contributed by atoms with Crippen LogP contribution < -0.4 is 19.5 Å². The smallest absolute Gasteiger partial charge is 0.387 e. The number of amides is 1. The van der Waals surface area contributed by atoms with Gasteiger partial charge >= 0.3 is 6.61 Å². The fourth-order valence-electron chi connectivity index (χ4n) is 2.26. The Morgan fingerprint density at radius 2 is 1.78 bits per heavy atom. The summed E-state index contributed by atoms with van der Waals surface area (Å²) in [5.41, 5.74) is -0.690. The van der Waals surface area contributed by atoms with E-state index < -0.39 is 23.9 Å². The Labute approximate surface area is 155 Å². The summed E-state index contributed by atoms with van der Waals surface area (Å²) in [6.07, 6.45) is 0. The minimum atomic E-state index is -2.99. The number of carbonyl (C=O) groups excluding carboxylic acids is 1. The average Bonchev–Trinajstić information content (AvgIpc) is 2.61. The van der Waals surface area contributed by atoms with Crippen molar-refractivity contribution in [3.05, 3.63) is 53.8 Å². The number of hydrogen-bond donors (Lipinski definition) is 1. The first-order valence-electron chi connectivity index (χ1n) is 8.06. The molecule has 0 saturated carbocycles. The van der Waals surface area contributed by atoms with Crippen molar-refractivity contribution in [1.29, 1.82) is 0 Å². The van der Waals surface area contributed by atoms with Crippen LogP contribution in [0, 0.1) is 5.82 Å². The molecule has 0 saturated heterocycles. The lowest BCUT2D eigenvalue weighted by atomic mass is 10.1. The lowest BCUT2D eigenvalue weighted by Crippen LogP contribution is -2.46. The first-order valence-corrected chi connectivity index (χ1v) is 8.06. The molecule has 0 atom stereocenters. The van der Waals surface area contributed by atoms with Gasteiger partial charge in [0.05, 0.1) is 7.11 Å². The Hall–Kier alpha value is -2.90. The van der Waals surface area contributed by atoms with Crippen molar-refractivity contribution in [3.8, 4) is 17.2 Å². The highest BCUT2D eigenvalue weighted by molar-refractivity contribution is 5.84. The largest absolute Gasteiger partial charge is 0.493 e. The molecule has 0 fully saturated rings. The second-order valence-corrected chi connectivity index (χ2v) is 6.11. The fraction of sp³-hybridized carbons (Fsp3) is 0.316. The zero-order valence-corrected chi connectivity index (χ0v) is 15.1. The molecule has 0 heterocycles. The third-order valence-corrected chi connectivity index (χ3v) is 3.63. The third-order valence-electron chi connectivity index (χ3n) is 3.63. The van der Waals surface area contributed by atoms with Crippen molar-refractivity contribution < 1.29 is 32.2 Å². The molecule has 5 nitrogen and oxygen atoms in total. The standard InChI is InChI=1S/C19H20F3NO4/c1-19(2,27-14-7-5-13(20)6-8-14)17(24)23-11-12-4-9-15(25-3)16(10-12)26-18(21)22/h4-10,18H,11H2,1-3H3,(H,23,24). The van der Waals surface area contributed by atoms with Crippen LogP contribution in [0.4, 0.5) is 13.2 Å². The Balaban J connectivity index is 2.02. The predicted octanol–water partition coefficient (Wildman–Crippen LogP) is 3.91. The van der Waals surface area contributed by atoms with Crippen LogP contribution in [-0.4, -0.2) is 25.2 Å². The highest BCUT2D eigenvalue weighted by atomic mass is 19.3. The van der Waals surface area contributed by atoms with Crippen LogP contribution >= 0.6 is 0 Å². The van der Waals surface area contributed by atoms with Crippen LogP contribution in [0.2, 0.25) is 0 Å². The summed E-state index contributed by atoms with van der Waals surface area (Å²) in [4.78, 5) is 12.4. The van der Waals surface area contributed by atoms with E-state index in [9.17, 15) is 18.0 Å². The maximum Gasteiger partial charge on any atom is 0.387 e. The van der Waals surface area contributed by atoms with Gasteiger partial charge in [-0.1, -0.05) is 6.07 Å². The molecule has 1 N–H and O–H groups in total. The molecule has 0 unspecified atom stereocenters. The SMILES string of the molecule is COc1ccc(CNC(=O)C(C)(C)Oc2ccc(F)cc2)cc1OC(F)F. The third kappa shape index (κ3) is 5.80. The van der Waals surface area contributed by atoms with E-state index in [0.717, 1.165) is 0 Å².